The second kappa shape index (κ2) is 8.70. The van der Waals surface area contributed by atoms with E-state index in [-0.39, 0.29) is 23.0 Å². The number of ketones is 2. The molecule has 0 aliphatic heterocycles. The van der Waals surface area contributed by atoms with Crippen molar-refractivity contribution in [2.24, 2.45) is 0 Å². The van der Waals surface area contributed by atoms with E-state index in [4.69, 9.17) is 0 Å². The Morgan fingerprint density at radius 2 is 1.42 bits per heavy atom. The lowest BCUT2D eigenvalue weighted by Gasteiger charge is -2.20. The van der Waals surface area contributed by atoms with Crippen LogP contribution in [0.25, 0.3) is 10.1 Å². The monoisotopic (exact) mass is 487 g/mol. The predicted octanol–water partition coefficient (Wildman–Crippen LogP) is 6.83. The molecule has 1 N–H and O–H groups in total. The normalized spacial score (nSPS) is 12.4. The highest BCUT2D eigenvalue weighted by Crippen LogP contribution is 2.36. The van der Waals surface area contributed by atoms with Gasteiger partial charge in [0.15, 0.2) is 11.6 Å². The summed E-state index contributed by atoms with van der Waals surface area (Å²) in [6.07, 6.45) is 0.616. The number of hydrogen-bond acceptors (Lipinski definition) is 4. The van der Waals surface area contributed by atoms with E-state index in [1.165, 1.54) is 16.9 Å². The summed E-state index contributed by atoms with van der Waals surface area (Å²) in [5.41, 5.74) is 4.92. The van der Waals surface area contributed by atoms with Crippen LogP contribution >= 0.6 is 11.3 Å². The van der Waals surface area contributed by atoms with Crippen molar-refractivity contribution in [1.29, 1.82) is 0 Å². The number of carbonyl (C=O) groups is 3. The van der Waals surface area contributed by atoms with Gasteiger partial charge in [0.25, 0.3) is 5.91 Å². The molecule has 1 heterocycles. The Labute approximate surface area is 212 Å². The standard InChI is InChI=1S/C31H21NO3S/c1-18-13-15-19(16-14-18)17-24-20-7-4-5-12-26(20)36-30(24)31(35)32-25-11-6-10-23-27(25)29(34)22-9-3-2-8-21(22)28(23)33/h2-16H,17H2,1H3,(H,32,35). The molecule has 0 unspecified atom stereocenters. The first-order chi connectivity index (χ1) is 17.5. The number of amides is 1. The maximum atomic E-state index is 13.7. The minimum Gasteiger partial charge on any atom is -0.321 e. The SMILES string of the molecule is Cc1ccc(Cc2c(C(=O)Nc3cccc4c3C(=O)c3ccccc3C4=O)sc3ccccc23)cc1. The predicted molar refractivity (Wildman–Crippen MR) is 144 cm³/mol. The number of benzene rings is 4. The minimum absolute atomic E-state index is 0.210. The van der Waals surface area contributed by atoms with Gasteiger partial charge in [-0.15, -0.1) is 11.3 Å². The summed E-state index contributed by atoms with van der Waals surface area (Å²) >= 11 is 1.44. The third kappa shape index (κ3) is 3.65. The van der Waals surface area contributed by atoms with E-state index >= 15 is 0 Å². The molecule has 0 saturated heterocycles. The maximum absolute atomic E-state index is 13.7. The molecule has 0 spiro atoms. The lowest BCUT2D eigenvalue weighted by molar-refractivity contribution is 0.0978. The Hall–Kier alpha value is -4.35. The second-order valence-corrected chi connectivity index (χ2v) is 10.0. The van der Waals surface area contributed by atoms with E-state index < -0.39 is 0 Å². The number of rotatable bonds is 4. The molecular formula is C31H21NO3S. The summed E-state index contributed by atoms with van der Waals surface area (Å²) in [6, 6.07) is 28.1. The van der Waals surface area contributed by atoms with Gasteiger partial charge in [-0.05, 0) is 42.0 Å². The molecule has 36 heavy (non-hydrogen) atoms. The minimum atomic E-state index is -0.286. The van der Waals surface area contributed by atoms with Gasteiger partial charge in [-0.1, -0.05) is 84.4 Å². The molecule has 5 aromatic rings. The van der Waals surface area contributed by atoms with Crippen LogP contribution in [0.5, 0.6) is 0 Å². The average molecular weight is 488 g/mol. The second-order valence-electron chi connectivity index (χ2n) is 8.95. The first-order valence-electron chi connectivity index (χ1n) is 11.7. The van der Waals surface area contributed by atoms with Crippen molar-refractivity contribution in [3.8, 4) is 0 Å². The van der Waals surface area contributed by atoms with Crippen molar-refractivity contribution < 1.29 is 14.4 Å². The van der Waals surface area contributed by atoms with E-state index in [0.717, 1.165) is 21.2 Å². The summed E-state index contributed by atoms with van der Waals surface area (Å²) in [7, 11) is 0. The number of carbonyl (C=O) groups excluding carboxylic acids is 3. The Kier molecular flexibility index (Phi) is 5.35. The van der Waals surface area contributed by atoms with Crippen molar-refractivity contribution in [3.05, 3.63) is 135 Å². The molecule has 4 aromatic carbocycles. The van der Waals surface area contributed by atoms with Gasteiger partial charge in [-0.25, -0.2) is 0 Å². The molecule has 4 nitrogen and oxygen atoms in total. The van der Waals surface area contributed by atoms with Crippen LogP contribution in [0.2, 0.25) is 0 Å². The van der Waals surface area contributed by atoms with Crippen LogP contribution in [-0.4, -0.2) is 17.5 Å². The van der Waals surface area contributed by atoms with Gasteiger partial charge in [0.2, 0.25) is 0 Å². The lowest BCUT2D eigenvalue weighted by Crippen LogP contribution is -2.24. The van der Waals surface area contributed by atoms with Gasteiger partial charge in [-0.3, -0.25) is 14.4 Å². The average Bonchev–Trinajstić information content (AvgIpc) is 3.27. The number of nitrogens with one attached hydrogen (secondary N) is 1. The van der Waals surface area contributed by atoms with Gasteiger partial charge < -0.3 is 5.32 Å². The third-order valence-electron chi connectivity index (χ3n) is 6.61. The summed E-state index contributed by atoms with van der Waals surface area (Å²) in [6.45, 7) is 2.05. The quantitative estimate of drug-likeness (QED) is 0.296. The molecule has 0 atom stereocenters. The molecule has 0 bridgehead atoms. The molecule has 0 radical (unpaired) electrons. The molecule has 0 fully saturated rings. The Bertz CT molecular complexity index is 1700. The van der Waals surface area contributed by atoms with Gasteiger partial charge in [0.1, 0.15) is 0 Å². The zero-order chi connectivity index (χ0) is 24.8. The van der Waals surface area contributed by atoms with E-state index in [2.05, 4.69) is 29.6 Å². The van der Waals surface area contributed by atoms with Crippen LogP contribution < -0.4 is 5.32 Å². The van der Waals surface area contributed by atoms with Crippen molar-refractivity contribution in [2.75, 3.05) is 5.32 Å². The van der Waals surface area contributed by atoms with Crippen LogP contribution in [0.3, 0.4) is 0 Å². The van der Waals surface area contributed by atoms with Crippen LogP contribution in [0, 0.1) is 6.92 Å². The first kappa shape index (κ1) is 22.1. The van der Waals surface area contributed by atoms with Crippen LogP contribution in [-0.2, 0) is 6.42 Å². The summed E-state index contributed by atoms with van der Waals surface area (Å²) in [4.78, 5) is 40.7. The number of fused-ring (bicyclic) bond motifs is 3. The summed E-state index contributed by atoms with van der Waals surface area (Å²) in [5.74, 6) is -0.753. The number of anilines is 1. The smallest absolute Gasteiger partial charge is 0.266 e. The zero-order valence-electron chi connectivity index (χ0n) is 19.5. The molecule has 1 amide bonds. The van der Waals surface area contributed by atoms with Crippen molar-refractivity contribution in [3.63, 3.8) is 0 Å². The molecule has 0 saturated carbocycles. The number of aryl methyl sites for hydroxylation is 1. The van der Waals surface area contributed by atoms with Crippen molar-refractivity contribution >= 4 is 44.6 Å². The van der Waals surface area contributed by atoms with E-state index in [1.54, 1.807) is 42.5 Å². The highest BCUT2D eigenvalue weighted by Gasteiger charge is 2.32. The number of thiophene rings is 1. The van der Waals surface area contributed by atoms with E-state index in [0.29, 0.717) is 33.7 Å². The van der Waals surface area contributed by atoms with Crippen LogP contribution in [0.4, 0.5) is 5.69 Å². The third-order valence-corrected chi connectivity index (χ3v) is 7.82. The molecule has 1 aliphatic carbocycles. The van der Waals surface area contributed by atoms with Gasteiger partial charge in [0, 0.05) is 21.4 Å². The topological polar surface area (TPSA) is 63.2 Å². The molecule has 6 rings (SSSR count). The fourth-order valence-corrected chi connectivity index (χ4v) is 5.91. The fourth-order valence-electron chi connectivity index (χ4n) is 4.80. The molecule has 174 valence electrons. The highest BCUT2D eigenvalue weighted by atomic mass is 32.1. The summed E-state index contributed by atoms with van der Waals surface area (Å²) in [5, 5.41) is 4.01. The lowest BCUT2D eigenvalue weighted by atomic mass is 9.83. The molecule has 1 aliphatic rings. The number of hydrogen-bond donors (Lipinski definition) is 1. The van der Waals surface area contributed by atoms with Crippen LogP contribution in [0.15, 0.2) is 91.0 Å². The molecule has 1 aromatic heterocycles. The van der Waals surface area contributed by atoms with Gasteiger partial charge in [0.05, 0.1) is 16.1 Å². The Balaban J connectivity index is 1.41. The van der Waals surface area contributed by atoms with E-state index in [1.807, 2.05) is 31.2 Å². The molecule has 5 heteroatoms. The fraction of sp³-hybridized carbons (Fsp3) is 0.0645. The Morgan fingerprint density at radius 1 is 0.750 bits per heavy atom. The van der Waals surface area contributed by atoms with Crippen molar-refractivity contribution in [1.82, 2.24) is 0 Å². The van der Waals surface area contributed by atoms with Crippen molar-refractivity contribution in [2.45, 2.75) is 13.3 Å². The zero-order valence-corrected chi connectivity index (χ0v) is 20.3. The van der Waals surface area contributed by atoms with Gasteiger partial charge >= 0.3 is 0 Å². The van der Waals surface area contributed by atoms with Crippen LogP contribution in [0.1, 0.15) is 58.2 Å². The Morgan fingerprint density at radius 3 is 2.19 bits per heavy atom. The largest absolute Gasteiger partial charge is 0.321 e. The van der Waals surface area contributed by atoms with E-state index in [9.17, 15) is 14.4 Å². The summed E-state index contributed by atoms with van der Waals surface area (Å²) < 4.78 is 1.03. The molecular weight excluding hydrogens is 466 g/mol. The highest BCUT2D eigenvalue weighted by molar-refractivity contribution is 7.21. The maximum Gasteiger partial charge on any atom is 0.266 e. The first-order valence-corrected chi connectivity index (χ1v) is 12.5. The van der Waals surface area contributed by atoms with Gasteiger partial charge in [-0.2, -0.15) is 0 Å².